The zero-order valence-corrected chi connectivity index (χ0v) is 16.7. The summed E-state index contributed by atoms with van der Waals surface area (Å²) in [6.07, 6.45) is 3.83. The highest BCUT2D eigenvalue weighted by molar-refractivity contribution is 7.80. The van der Waals surface area contributed by atoms with E-state index >= 15 is 0 Å². The van der Waals surface area contributed by atoms with Gasteiger partial charge in [-0.1, -0.05) is 35.9 Å². The number of aryl methyl sites for hydroxylation is 3. The fourth-order valence-corrected chi connectivity index (χ4v) is 3.00. The fourth-order valence-electron chi connectivity index (χ4n) is 2.83. The number of thiocarbonyl (C=S) groups is 1. The number of nitrogens with one attached hydrogen (secondary N) is 2. The van der Waals surface area contributed by atoms with Gasteiger partial charge in [-0.2, -0.15) is 5.10 Å². The average molecular weight is 377 g/mol. The molecule has 0 fully saturated rings. The Kier molecular flexibility index (Phi) is 6.04. The molecular weight excluding hydrogens is 352 g/mol. The smallest absolute Gasteiger partial charge is 0.191 e. The molecule has 5 heteroatoms. The van der Waals surface area contributed by atoms with E-state index in [1.54, 1.807) is 6.21 Å². The van der Waals surface area contributed by atoms with Crippen LogP contribution in [-0.4, -0.2) is 15.9 Å². The largest absolute Gasteiger partial charge is 0.342 e. The van der Waals surface area contributed by atoms with Gasteiger partial charge in [0.2, 0.25) is 0 Å². The lowest BCUT2D eigenvalue weighted by atomic mass is 10.1. The van der Waals surface area contributed by atoms with Crippen LogP contribution in [0.4, 0.5) is 5.69 Å². The summed E-state index contributed by atoms with van der Waals surface area (Å²) < 4.78 is 2.15. The first-order valence-corrected chi connectivity index (χ1v) is 9.30. The van der Waals surface area contributed by atoms with Gasteiger partial charge in [0.05, 0.1) is 11.9 Å². The van der Waals surface area contributed by atoms with Crippen LogP contribution in [0.1, 0.15) is 27.9 Å². The average Bonchev–Trinajstić information content (AvgIpc) is 3.05. The van der Waals surface area contributed by atoms with Gasteiger partial charge in [0.1, 0.15) is 0 Å². The molecule has 0 atom stereocenters. The van der Waals surface area contributed by atoms with E-state index in [4.69, 9.17) is 12.2 Å². The zero-order chi connectivity index (χ0) is 19.2. The van der Waals surface area contributed by atoms with Gasteiger partial charge in [0.25, 0.3) is 0 Å². The first kappa shape index (κ1) is 18.9. The minimum atomic E-state index is 0.464. The van der Waals surface area contributed by atoms with Crippen LogP contribution in [0.3, 0.4) is 0 Å². The molecule has 1 aromatic heterocycles. The number of hydrogen-bond acceptors (Lipinski definition) is 2. The number of nitrogens with zero attached hydrogens (tertiary/aromatic N) is 2. The Hall–Kier alpha value is -2.92. The number of hydrazone groups is 1. The van der Waals surface area contributed by atoms with Crippen molar-refractivity contribution in [3.63, 3.8) is 0 Å². The summed E-state index contributed by atoms with van der Waals surface area (Å²) in [7, 11) is 0. The third-order valence-corrected chi connectivity index (χ3v) is 4.62. The quantitative estimate of drug-likeness (QED) is 0.382. The van der Waals surface area contributed by atoms with E-state index in [2.05, 4.69) is 83.8 Å². The van der Waals surface area contributed by atoms with Crippen LogP contribution in [0.2, 0.25) is 0 Å². The van der Waals surface area contributed by atoms with Crippen LogP contribution < -0.4 is 10.7 Å². The van der Waals surface area contributed by atoms with Crippen molar-refractivity contribution in [1.82, 2.24) is 9.99 Å². The highest BCUT2D eigenvalue weighted by Crippen LogP contribution is 2.14. The van der Waals surface area contributed by atoms with E-state index in [-0.39, 0.29) is 0 Å². The van der Waals surface area contributed by atoms with Crippen molar-refractivity contribution in [2.24, 2.45) is 5.10 Å². The summed E-state index contributed by atoms with van der Waals surface area (Å²) in [6, 6.07) is 18.7. The maximum absolute atomic E-state index is 5.32. The fraction of sp³-hybridized carbons (Fsp3) is 0.182. The highest BCUT2D eigenvalue weighted by Gasteiger charge is 2.01. The summed E-state index contributed by atoms with van der Waals surface area (Å²) >= 11 is 5.32. The zero-order valence-electron chi connectivity index (χ0n) is 15.9. The molecule has 0 spiro atoms. The van der Waals surface area contributed by atoms with Gasteiger partial charge in [-0.05, 0) is 73.9 Å². The van der Waals surface area contributed by atoms with Crippen molar-refractivity contribution in [2.45, 2.75) is 27.3 Å². The lowest BCUT2D eigenvalue weighted by Crippen LogP contribution is -2.24. The van der Waals surface area contributed by atoms with E-state index in [9.17, 15) is 0 Å². The van der Waals surface area contributed by atoms with E-state index in [0.717, 1.165) is 17.9 Å². The van der Waals surface area contributed by atoms with Crippen molar-refractivity contribution < 1.29 is 0 Å². The molecule has 0 amide bonds. The van der Waals surface area contributed by atoms with Gasteiger partial charge in [-0.15, -0.1) is 0 Å². The molecule has 0 unspecified atom stereocenters. The summed E-state index contributed by atoms with van der Waals surface area (Å²) in [6.45, 7) is 7.08. The predicted octanol–water partition coefficient (Wildman–Crippen LogP) is 4.78. The molecule has 3 aromatic rings. The maximum Gasteiger partial charge on any atom is 0.191 e. The molecule has 138 valence electrons. The maximum atomic E-state index is 5.32. The molecule has 2 aromatic carbocycles. The van der Waals surface area contributed by atoms with E-state index < -0.39 is 0 Å². The number of hydrogen-bond donors (Lipinski definition) is 2. The Balaban J connectivity index is 1.59. The third-order valence-electron chi connectivity index (χ3n) is 4.43. The van der Waals surface area contributed by atoms with Gasteiger partial charge in [0, 0.05) is 18.4 Å². The molecule has 0 aliphatic rings. The summed E-state index contributed by atoms with van der Waals surface area (Å²) in [4.78, 5) is 0. The molecule has 0 saturated carbocycles. The predicted molar refractivity (Wildman–Crippen MR) is 118 cm³/mol. The minimum absolute atomic E-state index is 0.464. The van der Waals surface area contributed by atoms with Crippen molar-refractivity contribution in [2.75, 3.05) is 5.32 Å². The third kappa shape index (κ3) is 5.28. The summed E-state index contributed by atoms with van der Waals surface area (Å²) in [5, 5.41) is 7.88. The standard InChI is InChI=1S/C22H24N4S/c1-16-6-4-7-19(12-16)15-26-11-5-8-21(26)14-23-25-22(27)24-20-10-9-17(2)18(3)13-20/h4-14H,15H2,1-3H3,(H2,24,25,27). The molecule has 4 nitrogen and oxygen atoms in total. The van der Waals surface area contributed by atoms with Crippen molar-refractivity contribution in [3.05, 3.63) is 88.7 Å². The highest BCUT2D eigenvalue weighted by atomic mass is 32.1. The number of benzene rings is 2. The van der Waals surface area contributed by atoms with Crippen LogP contribution in [0.25, 0.3) is 0 Å². The van der Waals surface area contributed by atoms with Crippen LogP contribution in [0, 0.1) is 20.8 Å². The molecule has 2 N–H and O–H groups in total. The van der Waals surface area contributed by atoms with Crippen LogP contribution in [0.15, 0.2) is 65.9 Å². The molecule has 0 aliphatic heterocycles. The molecular formula is C22H24N4S. The Labute approximate surface area is 165 Å². The van der Waals surface area contributed by atoms with Gasteiger partial charge < -0.3 is 9.88 Å². The van der Waals surface area contributed by atoms with Gasteiger partial charge in [0.15, 0.2) is 5.11 Å². The second-order valence-electron chi connectivity index (χ2n) is 6.67. The molecule has 0 saturated heterocycles. The normalized spacial score (nSPS) is 10.9. The van der Waals surface area contributed by atoms with Crippen molar-refractivity contribution in [3.8, 4) is 0 Å². The molecule has 1 heterocycles. The Morgan fingerprint density at radius 1 is 1.04 bits per heavy atom. The van der Waals surface area contributed by atoms with E-state index in [1.807, 2.05) is 18.2 Å². The second kappa shape index (κ2) is 8.64. The number of rotatable bonds is 5. The SMILES string of the molecule is Cc1cccc(Cn2cccc2C=NNC(=S)Nc2ccc(C)c(C)c2)c1. The van der Waals surface area contributed by atoms with E-state index in [1.165, 1.54) is 22.3 Å². The molecule has 0 radical (unpaired) electrons. The minimum Gasteiger partial charge on any atom is -0.342 e. The van der Waals surface area contributed by atoms with Gasteiger partial charge >= 0.3 is 0 Å². The first-order valence-electron chi connectivity index (χ1n) is 8.89. The molecule has 27 heavy (non-hydrogen) atoms. The van der Waals surface area contributed by atoms with Gasteiger partial charge in [-0.25, -0.2) is 0 Å². The Morgan fingerprint density at radius 2 is 1.89 bits per heavy atom. The van der Waals surface area contributed by atoms with Crippen molar-refractivity contribution >= 4 is 29.2 Å². The van der Waals surface area contributed by atoms with E-state index in [0.29, 0.717) is 5.11 Å². The van der Waals surface area contributed by atoms with Crippen LogP contribution >= 0.6 is 12.2 Å². The lowest BCUT2D eigenvalue weighted by molar-refractivity contribution is 0.798. The topological polar surface area (TPSA) is 41.4 Å². The Bertz CT molecular complexity index is 972. The second-order valence-corrected chi connectivity index (χ2v) is 7.08. The summed E-state index contributed by atoms with van der Waals surface area (Å²) in [5.74, 6) is 0. The van der Waals surface area contributed by atoms with Crippen molar-refractivity contribution in [1.29, 1.82) is 0 Å². The molecule has 0 bridgehead atoms. The monoisotopic (exact) mass is 376 g/mol. The van der Waals surface area contributed by atoms with Crippen LogP contribution in [0.5, 0.6) is 0 Å². The lowest BCUT2D eigenvalue weighted by Gasteiger charge is -2.09. The number of anilines is 1. The Morgan fingerprint density at radius 3 is 2.67 bits per heavy atom. The van der Waals surface area contributed by atoms with Crippen LogP contribution in [-0.2, 0) is 6.54 Å². The van der Waals surface area contributed by atoms with Gasteiger partial charge in [-0.3, -0.25) is 5.43 Å². The first-order chi connectivity index (χ1) is 13.0. The molecule has 3 rings (SSSR count). The summed E-state index contributed by atoms with van der Waals surface area (Å²) in [5.41, 5.74) is 9.85. The molecule has 0 aliphatic carbocycles. The number of aromatic nitrogens is 1.